The van der Waals surface area contributed by atoms with Gasteiger partial charge in [-0.3, -0.25) is 4.79 Å². The molecule has 3 nitrogen and oxygen atoms in total. The lowest BCUT2D eigenvalue weighted by Crippen LogP contribution is -2.33. The minimum atomic E-state index is -0.438. The van der Waals surface area contributed by atoms with E-state index in [1.807, 2.05) is 0 Å². The number of ketones is 1. The molecule has 0 heterocycles. The van der Waals surface area contributed by atoms with Crippen molar-refractivity contribution in [1.82, 2.24) is 0 Å². The third-order valence-corrected chi connectivity index (χ3v) is 1.46. The second-order valence-electron chi connectivity index (χ2n) is 2.65. The summed E-state index contributed by atoms with van der Waals surface area (Å²) in [7, 11) is 0. The summed E-state index contributed by atoms with van der Waals surface area (Å²) in [5, 5.41) is 0. The van der Waals surface area contributed by atoms with Crippen molar-refractivity contribution in [2.24, 2.45) is 5.73 Å². The van der Waals surface area contributed by atoms with E-state index < -0.39 is 6.04 Å². The quantitative estimate of drug-likeness (QED) is 0.581. The third kappa shape index (κ3) is 6.01. The zero-order chi connectivity index (χ0) is 8.69. The Bertz CT molecular complexity index is 115. The van der Waals surface area contributed by atoms with Crippen LogP contribution < -0.4 is 5.73 Å². The molecule has 0 spiro atoms. The maximum Gasteiger partial charge on any atom is 0.148 e. The van der Waals surface area contributed by atoms with Gasteiger partial charge in [0.25, 0.3) is 0 Å². The Morgan fingerprint density at radius 3 is 2.73 bits per heavy atom. The predicted octanol–water partition coefficient (Wildman–Crippen LogP) is 0.719. The number of ether oxygens (including phenoxy) is 1. The topological polar surface area (TPSA) is 52.3 Å². The number of hydrogen-bond acceptors (Lipinski definition) is 3. The van der Waals surface area contributed by atoms with E-state index in [0.29, 0.717) is 13.2 Å². The smallest absolute Gasteiger partial charge is 0.148 e. The summed E-state index contributed by atoms with van der Waals surface area (Å²) < 4.78 is 5.15. The number of nitrogens with two attached hydrogens (primary N) is 1. The van der Waals surface area contributed by atoms with Gasteiger partial charge in [-0.2, -0.15) is 0 Å². The van der Waals surface area contributed by atoms with Gasteiger partial charge in [0.2, 0.25) is 0 Å². The fourth-order valence-corrected chi connectivity index (χ4v) is 0.574. The summed E-state index contributed by atoms with van der Waals surface area (Å²) in [5.41, 5.74) is 5.42. The molecule has 0 bridgehead atoms. The molecule has 11 heavy (non-hydrogen) atoms. The van der Waals surface area contributed by atoms with Gasteiger partial charge in [-0.05, 0) is 13.3 Å². The van der Waals surface area contributed by atoms with Gasteiger partial charge in [0.05, 0.1) is 12.6 Å². The molecule has 0 saturated carbocycles. The molecule has 0 saturated heterocycles. The van der Waals surface area contributed by atoms with E-state index in [1.54, 1.807) is 0 Å². The molecule has 0 amide bonds. The molecule has 1 atom stereocenters. The summed E-state index contributed by atoms with van der Waals surface area (Å²) in [6.45, 7) is 4.63. The van der Waals surface area contributed by atoms with Crippen molar-refractivity contribution in [2.45, 2.75) is 32.7 Å². The van der Waals surface area contributed by atoms with Crippen LogP contribution in [0.4, 0.5) is 0 Å². The first-order valence-corrected chi connectivity index (χ1v) is 4.02. The number of rotatable bonds is 6. The van der Waals surface area contributed by atoms with Crippen molar-refractivity contribution in [3.8, 4) is 0 Å². The first-order chi connectivity index (χ1) is 5.18. The minimum absolute atomic E-state index is 0.0125. The normalized spacial score (nSPS) is 13.0. The molecule has 0 aliphatic rings. The van der Waals surface area contributed by atoms with Crippen LogP contribution in [0.3, 0.4) is 0 Å². The average molecular weight is 159 g/mol. The highest BCUT2D eigenvalue weighted by Crippen LogP contribution is 1.89. The zero-order valence-electron chi connectivity index (χ0n) is 7.30. The lowest BCUT2D eigenvalue weighted by molar-refractivity contribution is -0.119. The second-order valence-corrected chi connectivity index (χ2v) is 2.65. The number of carbonyl (C=O) groups excluding carboxylic acids is 1. The minimum Gasteiger partial charge on any atom is -0.379 e. The summed E-state index contributed by atoms with van der Waals surface area (Å²) in [5.74, 6) is -0.0125. The van der Waals surface area contributed by atoms with E-state index in [-0.39, 0.29) is 5.78 Å². The molecule has 0 aromatic heterocycles. The molecular weight excluding hydrogens is 142 g/mol. The van der Waals surface area contributed by atoms with Gasteiger partial charge < -0.3 is 10.5 Å². The standard InChI is InChI=1S/C8H17NO2/c1-3-4-5-11-6-8(9)7(2)10/h8H,3-6,9H2,1-2H3. The average Bonchev–Trinajstić information content (AvgIpc) is 1.97. The summed E-state index contributed by atoms with van der Waals surface area (Å²) in [6, 6.07) is -0.438. The van der Waals surface area contributed by atoms with Gasteiger partial charge in [0.15, 0.2) is 0 Å². The highest BCUT2D eigenvalue weighted by atomic mass is 16.5. The fourth-order valence-electron chi connectivity index (χ4n) is 0.574. The Balaban J connectivity index is 3.17. The van der Waals surface area contributed by atoms with Crippen molar-refractivity contribution in [3.05, 3.63) is 0 Å². The lowest BCUT2D eigenvalue weighted by Gasteiger charge is -2.07. The van der Waals surface area contributed by atoms with Crippen LogP contribution >= 0.6 is 0 Å². The molecule has 0 aliphatic heterocycles. The van der Waals surface area contributed by atoms with Gasteiger partial charge in [0.1, 0.15) is 5.78 Å². The first kappa shape index (κ1) is 10.6. The second kappa shape index (κ2) is 6.31. The van der Waals surface area contributed by atoms with Crippen molar-refractivity contribution >= 4 is 5.78 Å². The maximum absolute atomic E-state index is 10.6. The first-order valence-electron chi connectivity index (χ1n) is 4.02. The molecule has 0 fully saturated rings. The SMILES string of the molecule is CCCCOCC(N)C(C)=O. The zero-order valence-corrected chi connectivity index (χ0v) is 7.30. The van der Waals surface area contributed by atoms with E-state index in [2.05, 4.69) is 6.92 Å². The number of hydrogen-bond donors (Lipinski definition) is 1. The van der Waals surface area contributed by atoms with Crippen LogP contribution in [0.25, 0.3) is 0 Å². The largest absolute Gasteiger partial charge is 0.379 e. The van der Waals surface area contributed by atoms with Crippen molar-refractivity contribution in [1.29, 1.82) is 0 Å². The molecule has 66 valence electrons. The lowest BCUT2D eigenvalue weighted by atomic mass is 10.2. The molecule has 0 aromatic rings. The van der Waals surface area contributed by atoms with Gasteiger partial charge in [-0.15, -0.1) is 0 Å². The molecule has 2 N–H and O–H groups in total. The maximum atomic E-state index is 10.6. The van der Waals surface area contributed by atoms with Crippen LogP contribution in [0.2, 0.25) is 0 Å². The summed E-state index contributed by atoms with van der Waals surface area (Å²) in [4.78, 5) is 10.6. The van der Waals surface area contributed by atoms with Crippen LogP contribution in [0.1, 0.15) is 26.7 Å². The number of unbranched alkanes of at least 4 members (excludes halogenated alkanes) is 1. The molecule has 0 aromatic carbocycles. The predicted molar refractivity (Wildman–Crippen MR) is 44.4 cm³/mol. The van der Waals surface area contributed by atoms with Crippen molar-refractivity contribution in [2.75, 3.05) is 13.2 Å². The Hall–Kier alpha value is -0.410. The molecule has 0 aliphatic carbocycles. The third-order valence-electron chi connectivity index (χ3n) is 1.46. The van der Waals surface area contributed by atoms with E-state index in [0.717, 1.165) is 12.8 Å². The van der Waals surface area contributed by atoms with Gasteiger partial charge in [-0.25, -0.2) is 0 Å². The summed E-state index contributed by atoms with van der Waals surface area (Å²) in [6.07, 6.45) is 2.14. The Morgan fingerprint density at radius 2 is 2.27 bits per heavy atom. The van der Waals surface area contributed by atoms with Gasteiger partial charge in [-0.1, -0.05) is 13.3 Å². The van der Waals surface area contributed by atoms with Crippen LogP contribution in [0.15, 0.2) is 0 Å². The monoisotopic (exact) mass is 159 g/mol. The Labute approximate surface area is 67.9 Å². The molecular formula is C8H17NO2. The molecule has 3 heteroatoms. The van der Waals surface area contributed by atoms with E-state index in [1.165, 1.54) is 6.92 Å². The Morgan fingerprint density at radius 1 is 1.64 bits per heavy atom. The van der Waals surface area contributed by atoms with E-state index in [9.17, 15) is 4.79 Å². The van der Waals surface area contributed by atoms with Crippen LogP contribution in [-0.4, -0.2) is 25.0 Å². The highest BCUT2D eigenvalue weighted by molar-refractivity contribution is 5.81. The molecule has 0 rings (SSSR count). The van der Waals surface area contributed by atoms with Crippen molar-refractivity contribution in [3.63, 3.8) is 0 Å². The molecule has 1 unspecified atom stereocenters. The van der Waals surface area contributed by atoms with E-state index in [4.69, 9.17) is 10.5 Å². The van der Waals surface area contributed by atoms with E-state index >= 15 is 0 Å². The number of Topliss-reactive ketones (excluding diaryl/α,β-unsaturated/α-hetero) is 1. The van der Waals surface area contributed by atoms with Crippen LogP contribution in [-0.2, 0) is 9.53 Å². The van der Waals surface area contributed by atoms with Gasteiger partial charge in [0, 0.05) is 6.61 Å². The van der Waals surface area contributed by atoms with Gasteiger partial charge >= 0.3 is 0 Å². The Kier molecular flexibility index (Phi) is 6.07. The summed E-state index contributed by atoms with van der Waals surface area (Å²) >= 11 is 0. The van der Waals surface area contributed by atoms with Crippen molar-refractivity contribution < 1.29 is 9.53 Å². The number of carbonyl (C=O) groups is 1. The van der Waals surface area contributed by atoms with Crippen LogP contribution in [0.5, 0.6) is 0 Å². The van der Waals surface area contributed by atoms with Crippen LogP contribution in [0, 0.1) is 0 Å². The highest BCUT2D eigenvalue weighted by Gasteiger charge is 2.06. The molecule has 0 radical (unpaired) electrons. The fraction of sp³-hybridized carbons (Fsp3) is 0.875.